The number of hydrogen-bond donors (Lipinski definition) is 1. The van der Waals surface area contributed by atoms with Gasteiger partial charge >= 0.3 is 6.18 Å². The Morgan fingerprint density at radius 1 is 1.04 bits per heavy atom. The third-order valence-electron chi connectivity index (χ3n) is 3.86. The summed E-state index contributed by atoms with van der Waals surface area (Å²) in [5.74, 6) is 0.365. The fraction of sp³-hybridized carbons (Fsp3) is 0.0556. The zero-order valence-electron chi connectivity index (χ0n) is 13.0. The van der Waals surface area contributed by atoms with Crippen molar-refractivity contribution >= 4 is 22.2 Å². The average Bonchev–Trinajstić information content (AvgIpc) is 3.15. The summed E-state index contributed by atoms with van der Waals surface area (Å²) in [4.78, 5) is 23.6. The number of benzene rings is 2. The summed E-state index contributed by atoms with van der Waals surface area (Å²) in [7, 11) is 0. The highest BCUT2D eigenvalue weighted by atomic mass is 32.1. The smallest absolute Gasteiger partial charge is 0.304 e. The molecular weight excluding hydrogens is 363 g/mol. The van der Waals surface area contributed by atoms with Crippen LogP contribution in [0.3, 0.4) is 0 Å². The van der Waals surface area contributed by atoms with Crippen molar-refractivity contribution in [3.05, 3.63) is 70.0 Å². The molecule has 26 heavy (non-hydrogen) atoms. The standard InChI is InChI=1S/C18H10F3N3OS/c19-18(20,21)12-3-1-2-10(8-12)11-4-5-14-13(9-11)16(25)24-15(23-14)17-22-6-7-26-17/h1-9H,(H,23,24,25). The summed E-state index contributed by atoms with van der Waals surface area (Å²) in [6.07, 6.45) is -2.81. The first kappa shape index (κ1) is 16.5. The molecule has 4 rings (SSSR count). The Balaban J connectivity index is 1.83. The van der Waals surface area contributed by atoms with Crippen LogP contribution in [0.25, 0.3) is 32.9 Å². The molecule has 0 amide bonds. The summed E-state index contributed by atoms with van der Waals surface area (Å²) >= 11 is 1.35. The molecule has 1 N–H and O–H groups in total. The van der Waals surface area contributed by atoms with Crippen LogP contribution in [0, 0.1) is 0 Å². The molecule has 0 fully saturated rings. The molecule has 2 heterocycles. The lowest BCUT2D eigenvalue weighted by Crippen LogP contribution is -2.09. The van der Waals surface area contributed by atoms with Gasteiger partial charge in [-0.05, 0) is 35.4 Å². The lowest BCUT2D eigenvalue weighted by Gasteiger charge is -2.09. The van der Waals surface area contributed by atoms with Crippen LogP contribution in [-0.2, 0) is 6.18 Å². The van der Waals surface area contributed by atoms with E-state index in [-0.39, 0.29) is 5.56 Å². The lowest BCUT2D eigenvalue weighted by atomic mass is 10.0. The number of nitrogens with zero attached hydrogens (tertiary/aromatic N) is 2. The number of halogens is 3. The van der Waals surface area contributed by atoms with Gasteiger partial charge in [0.15, 0.2) is 10.8 Å². The Morgan fingerprint density at radius 2 is 1.85 bits per heavy atom. The second kappa shape index (κ2) is 6.06. The molecule has 0 saturated carbocycles. The van der Waals surface area contributed by atoms with Crippen LogP contribution in [0.5, 0.6) is 0 Å². The van der Waals surface area contributed by atoms with E-state index in [0.717, 1.165) is 12.1 Å². The minimum atomic E-state index is -4.42. The molecule has 0 radical (unpaired) electrons. The van der Waals surface area contributed by atoms with Gasteiger partial charge in [-0.3, -0.25) is 4.79 Å². The minimum absolute atomic E-state index is 0.306. The molecule has 2 aromatic heterocycles. The van der Waals surface area contributed by atoms with Gasteiger partial charge in [0.05, 0.1) is 16.5 Å². The molecule has 0 aliphatic rings. The van der Waals surface area contributed by atoms with Crippen LogP contribution < -0.4 is 5.56 Å². The van der Waals surface area contributed by atoms with Crippen molar-refractivity contribution in [2.75, 3.05) is 0 Å². The van der Waals surface area contributed by atoms with Gasteiger partial charge < -0.3 is 4.98 Å². The maximum atomic E-state index is 12.9. The highest BCUT2D eigenvalue weighted by molar-refractivity contribution is 7.13. The van der Waals surface area contributed by atoms with Gasteiger partial charge in [-0.25, -0.2) is 9.97 Å². The molecule has 0 atom stereocenters. The molecule has 0 bridgehead atoms. The van der Waals surface area contributed by atoms with Crippen LogP contribution in [0.1, 0.15) is 5.56 Å². The van der Waals surface area contributed by atoms with Gasteiger partial charge in [0.25, 0.3) is 5.56 Å². The number of thiazole rings is 1. The number of hydrogen-bond acceptors (Lipinski definition) is 4. The van der Waals surface area contributed by atoms with Crippen molar-refractivity contribution < 1.29 is 13.2 Å². The van der Waals surface area contributed by atoms with Gasteiger partial charge in [0.2, 0.25) is 0 Å². The van der Waals surface area contributed by atoms with E-state index in [1.165, 1.54) is 17.4 Å². The summed E-state index contributed by atoms with van der Waals surface area (Å²) in [6, 6.07) is 9.81. The normalized spacial score (nSPS) is 11.8. The maximum Gasteiger partial charge on any atom is 0.416 e. The minimum Gasteiger partial charge on any atom is -0.304 e. The number of aromatic nitrogens is 3. The van der Waals surface area contributed by atoms with E-state index in [2.05, 4.69) is 15.0 Å². The maximum absolute atomic E-state index is 12.9. The third kappa shape index (κ3) is 2.99. The molecule has 2 aromatic carbocycles. The monoisotopic (exact) mass is 373 g/mol. The molecule has 0 saturated heterocycles. The Bertz CT molecular complexity index is 1150. The zero-order valence-corrected chi connectivity index (χ0v) is 13.9. The van der Waals surface area contributed by atoms with E-state index in [9.17, 15) is 18.0 Å². The number of aromatic amines is 1. The second-order valence-corrected chi connectivity index (χ2v) is 6.46. The van der Waals surface area contributed by atoms with Crippen LogP contribution >= 0.6 is 11.3 Å². The molecule has 0 aliphatic heterocycles. The summed E-state index contributed by atoms with van der Waals surface area (Å²) < 4.78 is 38.7. The first-order valence-electron chi connectivity index (χ1n) is 7.53. The van der Waals surface area contributed by atoms with E-state index in [1.807, 2.05) is 0 Å². The average molecular weight is 373 g/mol. The van der Waals surface area contributed by atoms with Gasteiger partial charge in [-0.15, -0.1) is 11.3 Å². The molecule has 4 nitrogen and oxygen atoms in total. The van der Waals surface area contributed by atoms with Gasteiger partial charge in [-0.2, -0.15) is 13.2 Å². The predicted molar refractivity (Wildman–Crippen MR) is 93.9 cm³/mol. The summed E-state index contributed by atoms with van der Waals surface area (Å²) in [6.45, 7) is 0. The van der Waals surface area contributed by atoms with Crippen LogP contribution in [-0.4, -0.2) is 15.0 Å². The number of fused-ring (bicyclic) bond motifs is 1. The van der Waals surface area contributed by atoms with Gasteiger partial charge in [0.1, 0.15) is 0 Å². The van der Waals surface area contributed by atoms with E-state index in [4.69, 9.17) is 0 Å². The zero-order chi connectivity index (χ0) is 18.3. The van der Waals surface area contributed by atoms with Crippen molar-refractivity contribution in [1.29, 1.82) is 0 Å². The summed E-state index contributed by atoms with van der Waals surface area (Å²) in [5, 5.41) is 2.67. The number of alkyl halides is 3. The fourth-order valence-electron chi connectivity index (χ4n) is 2.64. The third-order valence-corrected chi connectivity index (χ3v) is 4.64. The van der Waals surface area contributed by atoms with Crippen LogP contribution in [0.4, 0.5) is 13.2 Å². The van der Waals surface area contributed by atoms with Gasteiger partial charge in [0, 0.05) is 11.6 Å². The molecule has 130 valence electrons. The number of nitrogens with one attached hydrogen (secondary N) is 1. The first-order chi connectivity index (χ1) is 12.4. The molecule has 0 spiro atoms. The van der Waals surface area contributed by atoms with Crippen LogP contribution in [0.2, 0.25) is 0 Å². The Labute approximate surface area is 149 Å². The molecule has 8 heteroatoms. The number of H-pyrrole nitrogens is 1. The largest absolute Gasteiger partial charge is 0.416 e. The molecule has 0 unspecified atom stereocenters. The van der Waals surface area contributed by atoms with Crippen LogP contribution in [0.15, 0.2) is 58.8 Å². The van der Waals surface area contributed by atoms with Crippen molar-refractivity contribution in [1.82, 2.24) is 15.0 Å². The topological polar surface area (TPSA) is 58.6 Å². The first-order valence-corrected chi connectivity index (χ1v) is 8.41. The van der Waals surface area contributed by atoms with E-state index in [0.29, 0.717) is 32.9 Å². The Kier molecular flexibility index (Phi) is 3.84. The quantitative estimate of drug-likeness (QED) is 0.552. The van der Waals surface area contributed by atoms with E-state index in [1.54, 1.807) is 35.8 Å². The number of rotatable bonds is 2. The fourth-order valence-corrected chi connectivity index (χ4v) is 3.22. The summed E-state index contributed by atoms with van der Waals surface area (Å²) in [5.41, 5.74) is 0.243. The predicted octanol–water partition coefficient (Wildman–Crippen LogP) is 4.73. The van der Waals surface area contributed by atoms with E-state index < -0.39 is 11.7 Å². The van der Waals surface area contributed by atoms with E-state index >= 15 is 0 Å². The highest BCUT2D eigenvalue weighted by Gasteiger charge is 2.30. The Morgan fingerprint density at radius 3 is 2.58 bits per heavy atom. The highest BCUT2D eigenvalue weighted by Crippen LogP contribution is 2.32. The van der Waals surface area contributed by atoms with Crippen molar-refractivity contribution in [3.8, 4) is 22.0 Å². The van der Waals surface area contributed by atoms with Gasteiger partial charge in [-0.1, -0.05) is 18.2 Å². The lowest BCUT2D eigenvalue weighted by molar-refractivity contribution is -0.137. The second-order valence-electron chi connectivity index (χ2n) is 5.56. The van der Waals surface area contributed by atoms with Crippen molar-refractivity contribution in [3.63, 3.8) is 0 Å². The van der Waals surface area contributed by atoms with Crippen molar-refractivity contribution in [2.45, 2.75) is 6.18 Å². The SMILES string of the molecule is O=c1[nH]c(-c2nccs2)nc2ccc(-c3cccc(C(F)(F)F)c3)cc12. The Hall–Kier alpha value is -3.00. The van der Waals surface area contributed by atoms with Crippen molar-refractivity contribution in [2.24, 2.45) is 0 Å². The molecular formula is C18H10F3N3OS. The molecule has 4 aromatic rings. The molecule has 0 aliphatic carbocycles.